The maximum absolute atomic E-state index is 7.23. The van der Waals surface area contributed by atoms with Gasteiger partial charge in [0, 0.05) is 12.6 Å². The lowest BCUT2D eigenvalue weighted by atomic mass is 10.2. The lowest BCUT2D eigenvalue weighted by Gasteiger charge is -2.22. The van der Waals surface area contributed by atoms with Crippen LogP contribution in [0, 0.1) is 11.3 Å². The predicted molar refractivity (Wildman–Crippen MR) is 51.3 cm³/mol. The predicted octanol–water partition coefficient (Wildman–Crippen LogP) is 1.04. The zero-order valence-corrected chi connectivity index (χ0v) is 8.01. The van der Waals surface area contributed by atoms with Gasteiger partial charge in [-0.3, -0.25) is 10.3 Å². The van der Waals surface area contributed by atoms with Crippen LogP contribution in [-0.4, -0.2) is 29.9 Å². The lowest BCUT2D eigenvalue weighted by Crippen LogP contribution is -2.37. The van der Waals surface area contributed by atoms with E-state index in [2.05, 4.69) is 18.7 Å². The van der Waals surface area contributed by atoms with Crippen LogP contribution in [0.15, 0.2) is 0 Å². The average molecular weight is 169 g/mol. The van der Waals surface area contributed by atoms with Crippen molar-refractivity contribution in [2.75, 3.05) is 13.1 Å². The Morgan fingerprint density at radius 1 is 1.58 bits per heavy atom. The summed E-state index contributed by atoms with van der Waals surface area (Å²) in [5.41, 5.74) is 5.38. The first-order valence-electron chi connectivity index (χ1n) is 4.66. The fourth-order valence-corrected chi connectivity index (χ4v) is 1.47. The molecule has 0 aromatic heterocycles. The Bertz CT molecular complexity index is 161. The van der Waals surface area contributed by atoms with Crippen LogP contribution in [0.5, 0.6) is 0 Å². The molecular weight excluding hydrogens is 150 g/mol. The molecule has 1 aliphatic rings. The maximum atomic E-state index is 7.23. The van der Waals surface area contributed by atoms with Crippen molar-refractivity contribution < 1.29 is 0 Å². The highest BCUT2D eigenvalue weighted by atomic mass is 15.2. The summed E-state index contributed by atoms with van der Waals surface area (Å²) in [5, 5.41) is 7.23. The molecule has 0 bridgehead atoms. The van der Waals surface area contributed by atoms with E-state index in [1.807, 2.05) is 0 Å². The van der Waals surface area contributed by atoms with Gasteiger partial charge in [-0.15, -0.1) is 0 Å². The Hall–Kier alpha value is -0.570. The molecule has 3 nitrogen and oxygen atoms in total. The largest absolute Gasteiger partial charge is 0.387 e. The molecule has 1 rings (SSSR count). The molecule has 1 fully saturated rings. The molecule has 3 N–H and O–H groups in total. The Labute approximate surface area is 74.4 Å². The second kappa shape index (κ2) is 3.90. The maximum Gasteiger partial charge on any atom is 0.105 e. The van der Waals surface area contributed by atoms with Crippen LogP contribution in [0.4, 0.5) is 0 Å². The molecule has 0 unspecified atom stereocenters. The van der Waals surface area contributed by atoms with E-state index < -0.39 is 0 Å². The zero-order valence-electron chi connectivity index (χ0n) is 8.01. The number of nitrogens with one attached hydrogen (secondary N) is 1. The van der Waals surface area contributed by atoms with Gasteiger partial charge in [0.05, 0.1) is 6.54 Å². The van der Waals surface area contributed by atoms with Crippen LogP contribution >= 0.6 is 0 Å². The molecule has 0 aliphatic heterocycles. The first-order chi connectivity index (χ1) is 5.59. The summed E-state index contributed by atoms with van der Waals surface area (Å²) in [6, 6.07) is 0.719. The van der Waals surface area contributed by atoms with Gasteiger partial charge < -0.3 is 5.73 Å². The van der Waals surface area contributed by atoms with Crippen LogP contribution < -0.4 is 5.73 Å². The third-order valence-electron chi connectivity index (χ3n) is 2.04. The fourth-order valence-electron chi connectivity index (χ4n) is 1.47. The normalized spacial score (nSPS) is 17.3. The molecule has 0 heterocycles. The van der Waals surface area contributed by atoms with Gasteiger partial charge in [0.2, 0.25) is 0 Å². The summed E-state index contributed by atoms with van der Waals surface area (Å²) in [4.78, 5) is 2.33. The second-order valence-corrected chi connectivity index (χ2v) is 4.08. The summed E-state index contributed by atoms with van der Waals surface area (Å²) in [7, 11) is 0. The van der Waals surface area contributed by atoms with Crippen LogP contribution in [0.25, 0.3) is 0 Å². The van der Waals surface area contributed by atoms with E-state index >= 15 is 0 Å². The zero-order chi connectivity index (χ0) is 9.14. The molecule has 0 radical (unpaired) electrons. The Morgan fingerprint density at radius 2 is 2.17 bits per heavy atom. The number of hydrogen-bond donors (Lipinski definition) is 2. The van der Waals surface area contributed by atoms with Crippen LogP contribution in [-0.2, 0) is 0 Å². The third-order valence-corrected chi connectivity index (χ3v) is 2.04. The van der Waals surface area contributed by atoms with Crippen molar-refractivity contribution in [1.29, 1.82) is 5.41 Å². The first kappa shape index (κ1) is 9.52. The monoisotopic (exact) mass is 169 g/mol. The number of amidine groups is 1. The number of hydrogen-bond acceptors (Lipinski definition) is 2. The Kier molecular flexibility index (Phi) is 3.09. The van der Waals surface area contributed by atoms with Gasteiger partial charge in [-0.1, -0.05) is 13.8 Å². The van der Waals surface area contributed by atoms with E-state index in [-0.39, 0.29) is 0 Å². The summed E-state index contributed by atoms with van der Waals surface area (Å²) < 4.78 is 0. The molecular formula is C9H19N3. The van der Waals surface area contributed by atoms with Crippen molar-refractivity contribution in [3.63, 3.8) is 0 Å². The van der Waals surface area contributed by atoms with Gasteiger partial charge in [0.15, 0.2) is 0 Å². The van der Waals surface area contributed by atoms with E-state index in [0.717, 1.165) is 12.6 Å². The number of rotatable bonds is 5. The Balaban J connectivity index is 2.32. The molecule has 0 aromatic carbocycles. The van der Waals surface area contributed by atoms with Crippen molar-refractivity contribution in [2.45, 2.75) is 32.7 Å². The van der Waals surface area contributed by atoms with Crippen molar-refractivity contribution in [3.8, 4) is 0 Å². The van der Waals surface area contributed by atoms with Crippen molar-refractivity contribution in [2.24, 2.45) is 11.7 Å². The van der Waals surface area contributed by atoms with Gasteiger partial charge in [-0.05, 0) is 18.8 Å². The topological polar surface area (TPSA) is 53.1 Å². The molecule has 3 heteroatoms. The van der Waals surface area contributed by atoms with E-state index in [1.54, 1.807) is 0 Å². The second-order valence-electron chi connectivity index (χ2n) is 4.08. The minimum absolute atomic E-state index is 0.294. The lowest BCUT2D eigenvalue weighted by molar-refractivity contribution is 0.265. The van der Waals surface area contributed by atoms with Gasteiger partial charge >= 0.3 is 0 Å². The van der Waals surface area contributed by atoms with Crippen molar-refractivity contribution in [3.05, 3.63) is 0 Å². The first-order valence-corrected chi connectivity index (χ1v) is 4.66. The highest BCUT2D eigenvalue weighted by molar-refractivity contribution is 5.79. The molecule has 1 aliphatic carbocycles. The minimum Gasteiger partial charge on any atom is -0.387 e. The van der Waals surface area contributed by atoms with E-state index in [0.29, 0.717) is 18.3 Å². The molecule has 70 valence electrons. The SMILES string of the molecule is CC(C)CN(CC(=N)N)C1CC1. The molecule has 0 saturated heterocycles. The number of nitrogens with zero attached hydrogens (tertiary/aromatic N) is 1. The molecule has 12 heavy (non-hydrogen) atoms. The average Bonchev–Trinajstić information content (AvgIpc) is 2.63. The molecule has 1 saturated carbocycles. The highest BCUT2D eigenvalue weighted by Crippen LogP contribution is 2.26. The van der Waals surface area contributed by atoms with Gasteiger partial charge in [-0.2, -0.15) is 0 Å². The molecule has 0 atom stereocenters. The summed E-state index contributed by atoms with van der Waals surface area (Å²) in [5.74, 6) is 0.965. The Morgan fingerprint density at radius 3 is 2.50 bits per heavy atom. The summed E-state index contributed by atoms with van der Waals surface area (Å²) in [6.07, 6.45) is 2.58. The van der Waals surface area contributed by atoms with E-state index in [1.165, 1.54) is 12.8 Å². The van der Waals surface area contributed by atoms with E-state index in [4.69, 9.17) is 11.1 Å². The van der Waals surface area contributed by atoms with Gasteiger partial charge in [0.25, 0.3) is 0 Å². The number of nitrogens with two attached hydrogens (primary N) is 1. The third kappa shape index (κ3) is 3.22. The highest BCUT2D eigenvalue weighted by Gasteiger charge is 2.29. The molecule has 0 aromatic rings. The molecule has 0 amide bonds. The van der Waals surface area contributed by atoms with Crippen LogP contribution in [0.2, 0.25) is 0 Å². The van der Waals surface area contributed by atoms with Crippen LogP contribution in [0.1, 0.15) is 26.7 Å². The minimum atomic E-state index is 0.294. The van der Waals surface area contributed by atoms with Gasteiger partial charge in [0.1, 0.15) is 5.84 Å². The smallest absolute Gasteiger partial charge is 0.105 e. The van der Waals surface area contributed by atoms with Crippen LogP contribution in [0.3, 0.4) is 0 Å². The van der Waals surface area contributed by atoms with E-state index in [9.17, 15) is 0 Å². The fraction of sp³-hybridized carbons (Fsp3) is 0.889. The quantitative estimate of drug-likeness (QED) is 0.477. The molecule has 0 spiro atoms. The summed E-state index contributed by atoms with van der Waals surface area (Å²) in [6.45, 7) is 6.14. The van der Waals surface area contributed by atoms with Crippen molar-refractivity contribution in [1.82, 2.24) is 4.90 Å². The standard InChI is InChI=1S/C9H19N3/c1-7(2)5-12(6-9(10)11)8-3-4-8/h7-8H,3-6H2,1-2H3,(H3,10,11). The summed E-state index contributed by atoms with van der Waals surface area (Å²) >= 11 is 0. The van der Waals surface area contributed by atoms with Crippen molar-refractivity contribution >= 4 is 5.84 Å². The van der Waals surface area contributed by atoms with Gasteiger partial charge in [-0.25, -0.2) is 0 Å².